The van der Waals surface area contributed by atoms with Crippen molar-refractivity contribution in [3.63, 3.8) is 0 Å². The molecule has 1 unspecified atom stereocenters. The summed E-state index contributed by atoms with van der Waals surface area (Å²) in [5, 5.41) is 3.26. The summed E-state index contributed by atoms with van der Waals surface area (Å²) in [6, 6.07) is 3.00. The average Bonchev–Trinajstić information content (AvgIpc) is 2.69. The maximum absolute atomic E-state index is 13.2. The summed E-state index contributed by atoms with van der Waals surface area (Å²) in [4.78, 5) is 14.3. The molecule has 2 rings (SSSR count). The van der Waals surface area contributed by atoms with E-state index in [1.54, 1.807) is 0 Å². The van der Waals surface area contributed by atoms with Gasteiger partial charge < -0.3 is 5.32 Å². The number of nitrogens with zero attached hydrogens (tertiary/aromatic N) is 1. The van der Waals surface area contributed by atoms with Crippen LogP contribution in [0.25, 0.3) is 0 Å². The number of halogens is 2. The van der Waals surface area contributed by atoms with E-state index in [0.717, 1.165) is 44.7 Å². The van der Waals surface area contributed by atoms with Crippen molar-refractivity contribution in [1.82, 2.24) is 10.2 Å². The molecule has 1 aromatic rings. The van der Waals surface area contributed by atoms with Crippen molar-refractivity contribution in [3.05, 3.63) is 35.4 Å². The highest BCUT2D eigenvalue weighted by atomic mass is 19.2. The number of ketones is 1. The Hall–Kier alpha value is -1.33. The zero-order valence-electron chi connectivity index (χ0n) is 11.0. The first kappa shape index (κ1) is 14.1. The van der Waals surface area contributed by atoms with Crippen LogP contribution in [0, 0.1) is 11.6 Å². The summed E-state index contributed by atoms with van der Waals surface area (Å²) in [7, 11) is 0. The zero-order chi connectivity index (χ0) is 13.8. The van der Waals surface area contributed by atoms with E-state index in [9.17, 15) is 13.6 Å². The third-order valence-corrected chi connectivity index (χ3v) is 3.51. The molecular formula is C14H18F2N2O. The lowest BCUT2D eigenvalue weighted by Crippen LogP contribution is -2.41. The highest BCUT2D eigenvalue weighted by molar-refractivity contribution is 5.99. The van der Waals surface area contributed by atoms with E-state index < -0.39 is 11.6 Å². The van der Waals surface area contributed by atoms with Gasteiger partial charge in [0.25, 0.3) is 0 Å². The molecule has 5 heteroatoms. The number of nitrogens with one attached hydrogen (secondary N) is 1. The fourth-order valence-electron chi connectivity index (χ4n) is 2.31. The van der Waals surface area contributed by atoms with Crippen LogP contribution >= 0.6 is 0 Å². The molecule has 1 atom stereocenters. The van der Waals surface area contributed by atoms with Crippen molar-refractivity contribution in [2.24, 2.45) is 0 Å². The molecule has 0 aromatic heterocycles. The average molecular weight is 268 g/mol. The minimum atomic E-state index is -0.976. The van der Waals surface area contributed by atoms with Crippen LogP contribution in [0.1, 0.15) is 23.7 Å². The predicted octanol–water partition coefficient (Wildman–Crippen LogP) is 1.83. The first-order valence-electron chi connectivity index (χ1n) is 6.53. The summed E-state index contributed by atoms with van der Waals surface area (Å²) < 4.78 is 26.0. The summed E-state index contributed by atoms with van der Waals surface area (Å²) in [6.07, 6.45) is 0.982. The Kier molecular flexibility index (Phi) is 4.61. The minimum absolute atomic E-state index is 0.166. The Bertz CT molecular complexity index is 457. The number of Topliss-reactive ketones (excluding diaryl/α,β-unsaturated/α-hetero) is 1. The van der Waals surface area contributed by atoms with E-state index in [1.807, 2.05) is 6.92 Å². The molecule has 0 saturated carbocycles. The number of carbonyl (C=O) groups is 1. The third-order valence-electron chi connectivity index (χ3n) is 3.51. The van der Waals surface area contributed by atoms with Gasteiger partial charge in [-0.05, 0) is 38.1 Å². The second-order valence-corrected chi connectivity index (χ2v) is 4.81. The summed E-state index contributed by atoms with van der Waals surface area (Å²) >= 11 is 0. The Balaban J connectivity index is 2.10. The first-order valence-corrected chi connectivity index (χ1v) is 6.53. The van der Waals surface area contributed by atoms with Crippen molar-refractivity contribution in [2.45, 2.75) is 19.4 Å². The van der Waals surface area contributed by atoms with E-state index in [-0.39, 0.29) is 17.4 Å². The van der Waals surface area contributed by atoms with E-state index in [1.165, 1.54) is 6.07 Å². The fourth-order valence-corrected chi connectivity index (χ4v) is 2.31. The van der Waals surface area contributed by atoms with Crippen LogP contribution in [0.3, 0.4) is 0 Å². The molecular weight excluding hydrogens is 250 g/mol. The van der Waals surface area contributed by atoms with Crippen molar-refractivity contribution < 1.29 is 13.6 Å². The molecule has 1 aliphatic heterocycles. The normalized spacial score (nSPS) is 18.9. The largest absolute Gasteiger partial charge is 0.315 e. The van der Waals surface area contributed by atoms with Crippen LogP contribution in [0.2, 0.25) is 0 Å². The summed E-state index contributed by atoms with van der Waals surface area (Å²) in [5.74, 6) is -2.07. The topological polar surface area (TPSA) is 32.3 Å². The molecule has 0 spiro atoms. The second kappa shape index (κ2) is 6.21. The first-order chi connectivity index (χ1) is 9.09. The van der Waals surface area contributed by atoms with Crippen LogP contribution < -0.4 is 5.32 Å². The second-order valence-electron chi connectivity index (χ2n) is 4.81. The fraction of sp³-hybridized carbons (Fsp3) is 0.500. The molecule has 19 heavy (non-hydrogen) atoms. The number of hydrogen-bond donors (Lipinski definition) is 1. The van der Waals surface area contributed by atoms with Crippen molar-refractivity contribution >= 4 is 5.78 Å². The van der Waals surface area contributed by atoms with Gasteiger partial charge in [0, 0.05) is 25.2 Å². The third kappa shape index (κ3) is 3.36. The molecule has 1 saturated heterocycles. The maximum Gasteiger partial charge on any atom is 0.179 e. The predicted molar refractivity (Wildman–Crippen MR) is 69.2 cm³/mol. The monoisotopic (exact) mass is 268 g/mol. The molecule has 0 radical (unpaired) electrons. The molecule has 3 nitrogen and oxygen atoms in total. The number of benzene rings is 1. The molecule has 104 valence electrons. The van der Waals surface area contributed by atoms with Crippen LogP contribution in [-0.4, -0.2) is 42.9 Å². The van der Waals surface area contributed by atoms with Crippen LogP contribution in [0.5, 0.6) is 0 Å². The Morgan fingerprint density at radius 2 is 2.05 bits per heavy atom. The Morgan fingerprint density at radius 3 is 2.79 bits per heavy atom. The molecule has 1 aliphatic rings. The van der Waals surface area contributed by atoms with Gasteiger partial charge in [0.1, 0.15) is 0 Å². The van der Waals surface area contributed by atoms with Crippen LogP contribution in [-0.2, 0) is 0 Å². The smallest absolute Gasteiger partial charge is 0.179 e. The molecule has 0 aliphatic carbocycles. The highest BCUT2D eigenvalue weighted by Gasteiger charge is 2.23. The minimum Gasteiger partial charge on any atom is -0.315 e. The summed E-state index contributed by atoms with van der Waals surface area (Å²) in [6.45, 7) is 5.23. The van der Waals surface area contributed by atoms with Crippen LogP contribution in [0.15, 0.2) is 18.2 Å². The zero-order valence-corrected chi connectivity index (χ0v) is 11.0. The Labute approximate surface area is 111 Å². The van der Waals surface area contributed by atoms with Gasteiger partial charge in [-0.3, -0.25) is 9.69 Å². The van der Waals surface area contributed by atoms with E-state index in [4.69, 9.17) is 0 Å². The molecule has 1 N–H and O–H groups in total. The van der Waals surface area contributed by atoms with Crippen molar-refractivity contribution in [2.75, 3.05) is 26.2 Å². The van der Waals surface area contributed by atoms with Gasteiger partial charge in [-0.2, -0.15) is 0 Å². The molecule has 1 fully saturated rings. The molecule has 0 bridgehead atoms. The van der Waals surface area contributed by atoms with E-state index in [0.29, 0.717) is 0 Å². The van der Waals surface area contributed by atoms with Gasteiger partial charge in [-0.15, -0.1) is 0 Å². The van der Waals surface area contributed by atoms with Gasteiger partial charge in [-0.1, -0.05) is 0 Å². The lowest BCUT2D eigenvalue weighted by molar-refractivity contribution is 0.0846. The SMILES string of the molecule is CC(C(=O)c1ccc(F)c(F)c1)N1CCCNCC1. The quantitative estimate of drug-likeness (QED) is 0.849. The number of hydrogen-bond acceptors (Lipinski definition) is 3. The highest BCUT2D eigenvalue weighted by Crippen LogP contribution is 2.14. The molecule has 0 amide bonds. The van der Waals surface area contributed by atoms with Crippen molar-refractivity contribution in [1.29, 1.82) is 0 Å². The lowest BCUT2D eigenvalue weighted by atomic mass is 10.0. The standard InChI is InChI=1S/C14H18F2N2O/c1-10(18-7-2-5-17-6-8-18)14(19)11-3-4-12(15)13(16)9-11/h3-4,9-10,17H,2,5-8H2,1H3. The summed E-state index contributed by atoms with van der Waals surface area (Å²) in [5.41, 5.74) is 0.226. The van der Waals surface area contributed by atoms with Crippen molar-refractivity contribution in [3.8, 4) is 0 Å². The van der Waals surface area contributed by atoms with Gasteiger partial charge in [-0.25, -0.2) is 8.78 Å². The molecule has 1 aromatic carbocycles. The lowest BCUT2D eigenvalue weighted by Gasteiger charge is -2.26. The van der Waals surface area contributed by atoms with Gasteiger partial charge in [0.15, 0.2) is 17.4 Å². The number of carbonyl (C=O) groups excluding carboxylic acids is 1. The maximum atomic E-state index is 13.2. The molecule has 1 heterocycles. The van der Waals surface area contributed by atoms with Gasteiger partial charge in [0.05, 0.1) is 6.04 Å². The van der Waals surface area contributed by atoms with Gasteiger partial charge in [0.2, 0.25) is 0 Å². The Morgan fingerprint density at radius 1 is 1.26 bits per heavy atom. The van der Waals surface area contributed by atoms with E-state index in [2.05, 4.69) is 10.2 Å². The van der Waals surface area contributed by atoms with Crippen LogP contribution in [0.4, 0.5) is 8.78 Å². The number of rotatable bonds is 3. The van der Waals surface area contributed by atoms with E-state index >= 15 is 0 Å². The van der Waals surface area contributed by atoms with Gasteiger partial charge >= 0.3 is 0 Å².